The predicted molar refractivity (Wildman–Crippen MR) is 83.3 cm³/mol. The zero-order valence-corrected chi connectivity index (χ0v) is 12.6. The minimum absolute atomic E-state index is 0. The van der Waals surface area contributed by atoms with Crippen molar-refractivity contribution in [3.05, 3.63) is 29.8 Å². The van der Waals surface area contributed by atoms with Gasteiger partial charge < -0.3 is 16.0 Å². The molecule has 1 saturated carbocycles. The van der Waals surface area contributed by atoms with Crippen LogP contribution in [-0.4, -0.2) is 35.3 Å². The van der Waals surface area contributed by atoms with E-state index in [-0.39, 0.29) is 30.3 Å². The molecular weight excluding hydrogens is 290 g/mol. The van der Waals surface area contributed by atoms with Gasteiger partial charge in [0, 0.05) is 23.8 Å². The van der Waals surface area contributed by atoms with Gasteiger partial charge in [0.2, 0.25) is 5.91 Å². The van der Waals surface area contributed by atoms with Crippen molar-refractivity contribution in [3.63, 3.8) is 0 Å². The van der Waals surface area contributed by atoms with Crippen molar-refractivity contribution in [1.29, 1.82) is 0 Å². The molecule has 1 aromatic rings. The van der Waals surface area contributed by atoms with E-state index in [4.69, 9.17) is 5.73 Å². The molecule has 2 amide bonds. The van der Waals surface area contributed by atoms with E-state index in [0.717, 1.165) is 25.7 Å². The molecule has 0 bridgehead atoms. The Hall–Kier alpha value is -1.75. The maximum Gasteiger partial charge on any atom is 0.254 e. The van der Waals surface area contributed by atoms with Crippen molar-refractivity contribution in [2.45, 2.75) is 37.8 Å². The third kappa shape index (κ3) is 3.47. The van der Waals surface area contributed by atoms with Crippen molar-refractivity contribution in [1.82, 2.24) is 10.2 Å². The van der Waals surface area contributed by atoms with E-state index in [0.29, 0.717) is 23.8 Å². The molecule has 6 heteroatoms. The molecule has 0 aromatic heterocycles. The van der Waals surface area contributed by atoms with Crippen molar-refractivity contribution in [2.75, 3.05) is 12.3 Å². The molecule has 21 heavy (non-hydrogen) atoms. The number of carbonyl (C=O) groups excluding carboxylic acids is 2. The number of benzene rings is 1. The number of rotatable bonds is 3. The van der Waals surface area contributed by atoms with E-state index in [1.165, 1.54) is 0 Å². The highest BCUT2D eigenvalue weighted by atomic mass is 35.5. The van der Waals surface area contributed by atoms with Gasteiger partial charge in [-0.2, -0.15) is 0 Å². The number of nitrogens with two attached hydrogens (primary N) is 1. The Labute approximate surface area is 130 Å². The summed E-state index contributed by atoms with van der Waals surface area (Å²) in [5, 5.41) is 2.99. The maximum atomic E-state index is 12.5. The molecule has 1 atom stereocenters. The second kappa shape index (κ2) is 6.35. The minimum atomic E-state index is -0.329. The fraction of sp³-hybridized carbons (Fsp3) is 0.467. The monoisotopic (exact) mass is 309 g/mol. The van der Waals surface area contributed by atoms with E-state index < -0.39 is 0 Å². The zero-order chi connectivity index (χ0) is 14.1. The molecule has 0 spiro atoms. The first-order valence-corrected chi connectivity index (χ1v) is 7.12. The van der Waals surface area contributed by atoms with Gasteiger partial charge in [-0.3, -0.25) is 9.59 Å². The average Bonchev–Trinajstić information content (AvgIpc) is 3.10. The first kappa shape index (κ1) is 15.6. The molecular formula is C15H20ClN3O2. The van der Waals surface area contributed by atoms with Crippen molar-refractivity contribution in [2.24, 2.45) is 0 Å². The summed E-state index contributed by atoms with van der Waals surface area (Å²) in [5.74, 6) is -0.118. The lowest BCUT2D eigenvalue weighted by molar-refractivity contribution is -0.125. The van der Waals surface area contributed by atoms with Crippen LogP contribution >= 0.6 is 12.4 Å². The van der Waals surface area contributed by atoms with Crippen LogP contribution in [0.2, 0.25) is 0 Å². The number of anilines is 1. The normalized spacial score (nSPS) is 20.8. The van der Waals surface area contributed by atoms with Crippen molar-refractivity contribution in [3.8, 4) is 0 Å². The summed E-state index contributed by atoms with van der Waals surface area (Å²) in [5.41, 5.74) is 6.83. The molecule has 0 radical (unpaired) electrons. The van der Waals surface area contributed by atoms with E-state index in [1.807, 2.05) is 0 Å². The van der Waals surface area contributed by atoms with E-state index >= 15 is 0 Å². The number of nitrogen functional groups attached to an aromatic ring is 1. The molecule has 1 saturated heterocycles. The molecule has 2 fully saturated rings. The van der Waals surface area contributed by atoms with Crippen LogP contribution in [0.25, 0.3) is 0 Å². The quantitative estimate of drug-likeness (QED) is 0.832. The number of likely N-dealkylation sites (tertiary alicyclic amines) is 1. The molecule has 3 rings (SSSR count). The second-order valence-electron chi connectivity index (χ2n) is 5.56. The van der Waals surface area contributed by atoms with Gasteiger partial charge in [0.05, 0.1) is 0 Å². The summed E-state index contributed by atoms with van der Waals surface area (Å²) in [6.45, 7) is 0.635. The Kier molecular flexibility index (Phi) is 4.73. The van der Waals surface area contributed by atoms with Gasteiger partial charge in [0.15, 0.2) is 0 Å². The van der Waals surface area contributed by atoms with Gasteiger partial charge in [0.1, 0.15) is 6.04 Å². The summed E-state index contributed by atoms with van der Waals surface area (Å²) in [6, 6.07) is 6.91. The summed E-state index contributed by atoms with van der Waals surface area (Å²) < 4.78 is 0. The number of nitrogens with zero attached hydrogens (tertiary/aromatic N) is 1. The van der Waals surface area contributed by atoms with Gasteiger partial charge in [0.25, 0.3) is 5.91 Å². The summed E-state index contributed by atoms with van der Waals surface area (Å²) >= 11 is 0. The third-order valence-electron chi connectivity index (χ3n) is 3.87. The number of halogens is 1. The van der Waals surface area contributed by atoms with Gasteiger partial charge in [-0.25, -0.2) is 0 Å². The number of nitrogens with one attached hydrogen (secondary N) is 1. The number of amides is 2. The van der Waals surface area contributed by atoms with Crippen LogP contribution in [0.3, 0.4) is 0 Å². The lowest BCUT2D eigenvalue weighted by Crippen LogP contribution is -2.46. The van der Waals surface area contributed by atoms with Gasteiger partial charge >= 0.3 is 0 Å². The molecule has 3 N–H and O–H groups in total. The van der Waals surface area contributed by atoms with Gasteiger partial charge in [-0.05, 0) is 43.9 Å². The SMILES string of the molecule is Cl.Nc1cccc(C(=O)N2CCCC2C(=O)NC2CC2)c1. The molecule has 2 aliphatic rings. The molecule has 1 aliphatic carbocycles. The van der Waals surface area contributed by atoms with Crippen LogP contribution < -0.4 is 11.1 Å². The third-order valence-corrected chi connectivity index (χ3v) is 3.87. The Morgan fingerprint density at radius 3 is 2.67 bits per heavy atom. The van der Waals surface area contributed by atoms with Gasteiger partial charge in [-0.15, -0.1) is 12.4 Å². The summed E-state index contributed by atoms with van der Waals surface area (Å²) in [6.07, 6.45) is 3.73. The first-order valence-electron chi connectivity index (χ1n) is 7.12. The Morgan fingerprint density at radius 1 is 1.24 bits per heavy atom. The standard InChI is InChI=1S/C15H19N3O2.ClH/c16-11-4-1-3-10(9-11)15(20)18-8-2-5-13(18)14(19)17-12-6-7-12;/h1,3-4,9,12-13H,2,5-8,16H2,(H,17,19);1H. The van der Waals surface area contributed by atoms with E-state index in [1.54, 1.807) is 29.2 Å². The Morgan fingerprint density at radius 2 is 2.00 bits per heavy atom. The predicted octanol–water partition coefficient (Wildman–Crippen LogP) is 1.57. The summed E-state index contributed by atoms with van der Waals surface area (Å²) in [7, 11) is 0. The van der Waals surface area contributed by atoms with Crippen LogP contribution in [0.4, 0.5) is 5.69 Å². The van der Waals surface area contributed by atoms with Gasteiger partial charge in [-0.1, -0.05) is 6.07 Å². The highest BCUT2D eigenvalue weighted by molar-refractivity contribution is 5.98. The largest absolute Gasteiger partial charge is 0.399 e. The fourth-order valence-electron chi connectivity index (χ4n) is 2.64. The molecule has 114 valence electrons. The lowest BCUT2D eigenvalue weighted by Gasteiger charge is -2.24. The van der Waals surface area contributed by atoms with Crippen LogP contribution in [0.1, 0.15) is 36.0 Å². The second-order valence-corrected chi connectivity index (χ2v) is 5.56. The lowest BCUT2D eigenvalue weighted by atomic mass is 10.1. The topological polar surface area (TPSA) is 75.4 Å². The molecule has 1 aliphatic heterocycles. The highest BCUT2D eigenvalue weighted by Crippen LogP contribution is 2.24. The van der Waals surface area contributed by atoms with Crippen LogP contribution in [0, 0.1) is 0 Å². The smallest absolute Gasteiger partial charge is 0.254 e. The Bertz CT molecular complexity index is 545. The molecule has 1 aromatic carbocycles. The zero-order valence-electron chi connectivity index (χ0n) is 11.7. The van der Waals surface area contributed by atoms with Crippen LogP contribution in [-0.2, 0) is 4.79 Å². The molecule has 1 heterocycles. The van der Waals surface area contributed by atoms with E-state index in [9.17, 15) is 9.59 Å². The minimum Gasteiger partial charge on any atom is -0.399 e. The van der Waals surface area contributed by atoms with Crippen LogP contribution in [0.5, 0.6) is 0 Å². The summed E-state index contributed by atoms with van der Waals surface area (Å²) in [4.78, 5) is 26.4. The van der Waals surface area contributed by atoms with Crippen molar-refractivity contribution >= 4 is 29.9 Å². The molecule has 1 unspecified atom stereocenters. The first-order chi connectivity index (χ1) is 9.65. The fourth-order valence-corrected chi connectivity index (χ4v) is 2.64. The number of carbonyl (C=O) groups is 2. The number of hydrogen-bond donors (Lipinski definition) is 2. The highest BCUT2D eigenvalue weighted by Gasteiger charge is 2.36. The van der Waals surface area contributed by atoms with Crippen molar-refractivity contribution < 1.29 is 9.59 Å². The number of hydrogen-bond acceptors (Lipinski definition) is 3. The molecule has 5 nitrogen and oxygen atoms in total. The maximum absolute atomic E-state index is 12.5. The van der Waals surface area contributed by atoms with E-state index in [2.05, 4.69) is 5.32 Å². The average molecular weight is 310 g/mol. The Balaban J connectivity index is 0.00000161. The van der Waals surface area contributed by atoms with Crippen LogP contribution in [0.15, 0.2) is 24.3 Å².